The maximum Gasteiger partial charge on any atom is 1.00 e. The molecule has 0 amide bonds. The molecule has 0 spiro atoms. The molecule has 0 aromatic carbocycles. The Morgan fingerprint density at radius 1 is 1.00 bits per heavy atom. The van der Waals surface area contributed by atoms with Crippen LogP contribution in [0.25, 0.3) is 0 Å². The Balaban J connectivity index is -0.000000320. The first kappa shape index (κ1) is 19.9. The molecule has 9 heteroatoms. The van der Waals surface area contributed by atoms with Gasteiger partial charge in [-0.25, -0.2) is 0 Å². The normalized spacial score (nSPS) is 14.0. The average Bonchev–Trinajstić information content (AvgIpc) is 1.63. The zero-order valence-corrected chi connectivity index (χ0v) is 14.2. The van der Waals surface area contributed by atoms with E-state index >= 15 is 0 Å². The Morgan fingerprint density at radius 2 is 1.27 bits per heavy atom. The summed E-state index contributed by atoms with van der Waals surface area (Å²) in [5.41, 5.74) is 0. The second kappa shape index (κ2) is 13.5. The second-order valence-electron chi connectivity index (χ2n) is 1.15. The van der Waals surface area contributed by atoms with E-state index in [9.17, 15) is 17.5 Å². The van der Waals surface area contributed by atoms with Crippen LogP contribution in [0.2, 0.25) is 0 Å². The Bertz CT molecular complexity index is 119. The summed E-state index contributed by atoms with van der Waals surface area (Å²) in [5, 5.41) is 2.16. The molecular formula is C2H5K2NO4S2. The van der Waals surface area contributed by atoms with Gasteiger partial charge in [-0.2, -0.15) is 0 Å². The minimum absolute atomic E-state index is 0. The van der Waals surface area contributed by atoms with Crippen LogP contribution in [0.1, 0.15) is 0 Å². The quantitative estimate of drug-likeness (QED) is 0.395. The van der Waals surface area contributed by atoms with Crippen molar-refractivity contribution >= 4 is 22.2 Å². The molecule has 56 valence electrons. The van der Waals surface area contributed by atoms with Crippen molar-refractivity contribution in [3.8, 4) is 0 Å². The fourth-order valence-corrected chi connectivity index (χ4v) is 0.875. The van der Waals surface area contributed by atoms with Gasteiger partial charge in [-0.05, 0) is 22.2 Å². The third-order valence-corrected chi connectivity index (χ3v) is 1.32. The van der Waals surface area contributed by atoms with Crippen LogP contribution in [0.5, 0.6) is 0 Å². The number of hydrogen-bond donors (Lipinski definition) is 1. The molecule has 0 rings (SSSR count). The fourth-order valence-electron chi connectivity index (χ4n) is 0.208. The molecule has 11 heavy (non-hydrogen) atoms. The van der Waals surface area contributed by atoms with Gasteiger partial charge in [0.1, 0.15) is 0 Å². The Labute approximate surface area is 155 Å². The van der Waals surface area contributed by atoms with Crippen LogP contribution in [-0.4, -0.2) is 29.3 Å². The maximum atomic E-state index is 9.72. The van der Waals surface area contributed by atoms with Gasteiger partial charge in [-0.3, -0.25) is 13.7 Å². The first-order chi connectivity index (χ1) is 4.13. The Morgan fingerprint density at radius 3 is 1.45 bits per heavy atom. The summed E-state index contributed by atoms with van der Waals surface area (Å²) in [6.45, 7) is 0. The molecule has 1 N–H and O–H groups in total. The summed E-state index contributed by atoms with van der Waals surface area (Å²) in [6, 6.07) is 0. The second-order valence-corrected chi connectivity index (χ2v) is 2.94. The predicted octanol–water partition coefficient (Wildman–Crippen LogP) is -7.74. The third kappa shape index (κ3) is 19.7. The standard InChI is InChI=1S/C2H7NO4S2.2K/c4-8(5)1-3-2-9(6)7;;/h3H,1-2H2,(H,4,5)(H,6,7);;/q;2*+1/p-2. The van der Waals surface area contributed by atoms with E-state index in [2.05, 4.69) is 5.32 Å². The van der Waals surface area contributed by atoms with Crippen molar-refractivity contribution in [2.45, 2.75) is 0 Å². The van der Waals surface area contributed by atoms with Gasteiger partial charge in [-0.1, -0.05) is 0 Å². The molecule has 0 aromatic heterocycles. The zero-order chi connectivity index (χ0) is 7.28. The molecule has 0 bridgehead atoms. The van der Waals surface area contributed by atoms with Gasteiger partial charge < -0.3 is 9.11 Å². The monoisotopic (exact) mass is 249 g/mol. The van der Waals surface area contributed by atoms with Crippen molar-refractivity contribution in [2.24, 2.45) is 0 Å². The van der Waals surface area contributed by atoms with Gasteiger partial charge in [0.2, 0.25) is 0 Å². The van der Waals surface area contributed by atoms with Crippen LogP contribution in [0.4, 0.5) is 0 Å². The van der Waals surface area contributed by atoms with E-state index < -0.39 is 22.2 Å². The molecule has 0 fully saturated rings. The van der Waals surface area contributed by atoms with Gasteiger partial charge in [-0.15, -0.1) is 0 Å². The van der Waals surface area contributed by atoms with E-state index in [4.69, 9.17) is 0 Å². The van der Waals surface area contributed by atoms with Crippen molar-refractivity contribution in [2.75, 3.05) is 11.8 Å². The maximum absolute atomic E-state index is 9.72. The number of rotatable bonds is 4. The van der Waals surface area contributed by atoms with Crippen molar-refractivity contribution in [1.29, 1.82) is 0 Å². The number of nitrogens with one attached hydrogen (secondary N) is 1. The summed E-state index contributed by atoms with van der Waals surface area (Å²) in [5.74, 6) is -0.651. The molecule has 0 aliphatic rings. The largest absolute Gasteiger partial charge is 1.00 e. The fraction of sp³-hybridized carbons (Fsp3) is 1.00. The van der Waals surface area contributed by atoms with Crippen LogP contribution in [0.15, 0.2) is 0 Å². The first-order valence-corrected chi connectivity index (χ1v) is 4.44. The SMILES string of the molecule is O=S([O-])CNCS(=O)[O-].[K+].[K+]. The van der Waals surface area contributed by atoms with Crippen molar-refractivity contribution in [1.82, 2.24) is 5.32 Å². The topological polar surface area (TPSA) is 92.3 Å². The molecule has 0 saturated carbocycles. The minimum Gasteiger partial charge on any atom is -0.771 e. The molecular weight excluding hydrogens is 244 g/mol. The van der Waals surface area contributed by atoms with E-state index in [0.717, 1.165) is 0 Å². The molecule has 0 aliphatic heterocycles. The predicted molar refractivity (Wildman–Crippen MR) is 30.7 cm³/mol. The molecule has 2 unspecified atom stereocenters. The first-order valence-electron chi connectivity index (χ1n) is 1.95. The summed E-state index contributed by atoms with van der Waals surface area (Å²) >= 11 is -4.43. The zero-order valence-electron chi connectivity index (χ0n) is 6.36. The molecule has 0 heterocycles. The molecule has 0 saturated heterocycles. The third-order valence-electron chi connectivity index (χ3n) is 0.440. The molecule has 0 radical (unpaired) electrons. The minimum atomic E-state index is -2.22. The molecule has 0 aliphatic carbocycles. The Kier molecular flexibility index (Phi) is 24.4. The average molecular weight is 249 g/mol. The van der Waals surface area contributed by atoms with E-state index in [0.29, 0.717) is 0 Å². The van der Waals surface area contributed by atoms with Crippen LogP contribution >= 0.6 is 0 Å². The van der Waals surface area contributed by atoms with Crippen LogP contribution in [-0.2, 0) is 22.2 Å². The van der Waals surface area contributed by atoms with Crippen molar-refractivity contribution in [3.05, 3.63) is 0 Å². The summed E-state index contributed by atoms with van der Waals surface area (Å²) < 4.78 is 38.9. The summed E-state index contributed by atoms with van der Waals surface area (Å²) in [6.07, 6.45) is 0. The Hall–Kier alpha value is 3.45. The van der Waals surface area contributed by atoms with Crippen LogP contribution < -0.4 is 108 Å². The molecule has 0 aromatic rings. The van der Waals surface area contributed by atoms with Gasteiger partial charge >= 0.3 is 103 Å². The van der Waals surface area contributed by atoms with Crippen molar-refractivity contribution < 1.29 is 120 Å². The van der Waals surface area contributed by atoms with Gasteiger partial charge in [0.05, 0.1) is 11.8 Å². The van der Waals surface area contributed by atoms with Crippen LogP contribution in [0, 0.1) is 0 Å². The van der Waals surface area contributed by atoms with E-state index in [1.54, 1.807) is 0 Å². The smallest absolute Gasteiger partial charge is 0.771 e. The summed E-state index contributed by atoms with van der Waals surface area (Å²) in [4.78, 5) is 0. The molecule has 2 atom stereocenters. The molecule has 5 nitrogen and oxygen atoms in total. The van der Waals surface area contributed by atoms with Gasteiger partial charge in [0.25, 0.3) is 0 Å². The van der Waals surface area contributed by atoms with E-state index in [1.807, 2.05) is 0 Å². The summed E-state index contributed by atoms with van der Waals surface area (Å²) in [7, 11) is 0. The van der Waals surface area contributed by atoms with Gasteiger partial charge in [0, 0.05) is 0 Å². The van der Waals surface area contributed by atoms with Crippen molar-refractivity contribution in [3.63, 3.8) is 0 Å². The van der Waals surface area contributed by atoms with E-state index in [1.165, 1.54) is 0 Å². The van der Waals surface area contributed by atoms with Gasteiger partial charge in [0.15, 0.2) is 0 Å². The van der Waals surface area contributed by atoms with Crippen LogP contribution in [0.3, 0.4) is 0 Å². The van der Waals surface area contributed by atoms with E-state index in [-0.39, 0.29) is 115 Å². The number of hydrogen-bond acceptors (Lipinski definition) is 5.